The summed E-state index contributed by atoms with van der Waals surface area (Å²) in [5.74, 6) is 1.90. The van der Waals surface area contributed by atoms with Gasteiger partial charge in [-0.25, -0.2) is 4.98 Å². The Hall–Kier alpha value is -0.990. The monoisotopic (exact) mass is 223 g/mol. The van der Waals surface area contributed by atoms with Crippen molar-refractivity contribution in [1.82, 2.24) is 9.55 Å². The molecule has 0 aromatic carbocycles. The Morgan fingerprint density at radius 3 is 1.81 bits per heavy atom. The van der Waals surface area contributed by atoms with Crippen LogP contribution < -0.4 is 5.73 Å². The van der Waals surface area contributed by atoms with Crippen molar-refractivity contribution in [2.24, 2.45) is 0 Å². The number of anilines is 1. The zero-order valence-electron chi connectivity index (χ0n) is 11.7. The fraction of sp³-hybridized carbons (Fsp3) is 0.769. The molecular formula is C13H25N3. The minimum absolute atomic E-state index is 0.00447. The summed E-state index contributed by atoms with van der Waals surface area (Å²) in [6.07, 6.45) is 0. The van der Waals surface area contributed by atoms with Gasteiger partial charge in [0.05, 0.1) is 5.69 Å². The maximum absolute atomic E-state index is 6.20. The van der Waals surface area contributed by atoms with Crippen molar-refractivity contribution in [1.29, 1.82) is 0 Å². The SMILES string of the molecule is CCn1c(C(C)(C)C)nc(C(C)(C)C)c1N. The number of aromatic nitrogens is 2. The van der Waals surface area contributed by atoms with Crippen LogP contribution >= 0.6 is 0 Å². The van der Waals surface area contributed by atoms with E-state index >= 15 is 0 Å². The number of rotatable bonds is 1. The van der Waals surface area contributed by atoms with Crippen molar-refractivity contribution in [2.75, 3.05) is 5.73 Å². The van der Waals surface area contributed by atoms with Gasteiger partial charge in [0.25, 0.3) is 0 Å². The van der Waals surface area contributed by atoms with Gasteiger partial charge in [-0.1, -0.05) is 41.5 Å². The first-order chi connectivity index (χ1) is 7.09. The highest BCUT2D eigenvalue weighted by Gasteiger charge is 2.29. The third kappa shape index (κ3) is 2.23. The summed E-state index contributed by atoms with van der Waals surface area (Å²) in [5, 5.41) is 0. The van der Waals surface area contributed by atoms with Crippen LogP contribution in [0.5, 0.6) is 0 Å². The molecule has 1 rings (SSSR count). The highest BCUT2D eigenvalue weighted by atomic mass is 15.2. The van der Waals surface area contributed by atoms with Gasteiger partial charge in [-0.3, -0.25) is 0 Å². The third-order valence-corrected chi connectivity index (χ3v) is 2.70. The summed E-state index contributed by atoms with van der Waals surface area (Å²) in [4.78, 5) is 4.76. The first-order valence-corrected chi connectivity index (χ1v) is 5.96. The maximum Gasteiger partial charge on any atom is 0.127 e. The normalized spacial score (nSPS) is 13.2. The topological polar surface area (TPSA) is 43.8 Å². The molecule has 3 heteroatoms. The van der Waals surface area contributed by atoms with Crippen LogP contribution in [0.1, 0.15) is 60.0 Å². The number of imidazole rings is 1. The van der Waals surface area contributed by atoms with Crippen molar-refractivity contribution in [3.63, 3.8) is 0 Å². The van der Waals surface area contributed by atoms with E-state index in [1.165, 1.54) is 0 Å². The van der Waals surface area contributed by atoms with E-state index in [1.807, 2.05) is 0 Å². The molecule has 1 aromatic heterocycles. The van der Waals surface area contributed by atoms with Gasteiger partial charge in [0.2, 0.25) is 0 Å². The number of hydrogen-bond donors (Lipinski definition) is 1. The summed E-state index contributed by atoms with van der Waals surface area (Å²) >= 11 is 0. The molecule has 92 valence electrons. The number of nitrogens with zero attached hydrogens (tertiary/aromatic N) is 2. The molecule has 1 heterocycles. The molecule has 1 aromatic rings. The minimum atomic E-state index is 0.00447. The van der Waals surface area contributed by atoms with Crippen LogP contribution in [0.4, 0.5) is 5.82 Å². The van der Waals surface area contributed by atoms with Gasteiger partial charge in [0.15, 0.2) is 0 Å². The Bertz CT molecular complexity index is 375. The number of hydrogen-bond acceptors (Lipinski definition) is 2. The van der Waals surface area contributed by atoms with E-state index in [0.29, 0.717) is 0 Å². The number of nitrogens with two attached hydrogens (primary N) is 1. The van der Waals surface area contributed by atoms with Gasteiger partial charge in [0.1, 0.15) is 11.6 Å². The molecule has 0 unspecified atom stereocenters. The first kappa shape index (κ1) is 13.1. The highest BCUT2D eigenvalue weighted by molar-refractivity contribution is 5.43. The maximum atomic E-state index is 6.20. The van der Waals surface area contributed by atoms with Crippen molar-refractivity contribution in [3.05, 3.63) is 11.5 Å². The Morgan fingerprint density at radius 1 is 1.06 bits per heavy atom. The van der Waals surface area contributed by atoms with E-state index in [1.54, 1.807) is 0 Å². The first-order valence-electron chi connectivity index (χ1n) is 5.96. The number of nitrogen functional groups attached to an aromatic ring is 1. The zero-order valence-corrected chi connectivity index (χ0v) is 11.7. The van der Waals surface area contributed by atoms with Crippen molar-refractivity contribution >= 4 is 5.82 Å². The Morgan fingerprint density at radius 2 is 1.56 bits per heavy atom. The Labute approximate surface area is 99.1 Å². The summed E-state index contributed by atoms with van der Waals surface area (Å²) in [5.41, 5.74) is 7.25. The lowest BCUT2D eigenvalue weighted by atomic mass is 9.92. The van der Waals surface area contributed by atoms with Crippen LogP contribution in [0.3, 0.4) is 0 Å². The molecule has 0 radical (unpaired) electrons. The second kappa shape index (κ2) is 3.79. The Balaban J connectivity index is 3.44. The van der Waals surface area contributed by atoms with Crippen molar-refractivity contribution < 1.29 is 0 Å². The molecule has 0 saturated carbocycles. The van der Waals surface area contributed by atoms with E-state index in [2.05, 4.69) is 53.0 Å². The average molecular weight is 223 g/mol. The lowest BCUT2D eigenvalue weighted by Crippen LogP contribution is -2.19. The van der Waals surface area contributed by atoms with E-state index in [9.17, 15) is 0 Å². The lowest BCUT2D eigenvalue weighted by molar-refractivity contribution is 0.504. The largest absolute Gasteiger partial charge is 0.384 e. The lowest BCUT2D eigenvalue weighted by Gasteiger charge is -2.19. The van der Waals surface area contributed by atoms with Gasteiger partial charge >= 0.3 is 0 Å². The molecule has 0 fully saturated rings. The van der Waals surface area contributed by atoms with Crippen LogP contribution in [-0.4, -0.2) is 9.55 Å². The molecule has 0 aliphatic rings. The van der Waals surface area contributed by atoms with Gasteiger partial charge in [-0.2, -0.15) is 0 Å². The van der Waals surface area contributed by atoms with Gasteiger partial charge in [-0.15, -0.1) is 0 Å². The zero-order chi connectivity index (χ0) is 12.7. The molecule has 0 saturated heterocycles. The molecule has 0 aliphatic carbocycles. The fourth-order valence-corrected chi connectivity index (χ4v) is 1.91. The standard InChI is InChI=1S/C13H25N3/c1-8-16-10(14)9(12(2,3)4)15-11(16)13(5,6)7/h8,14H2,1-7H3. The molecule has 0 bridgehead atoms. The predicted molar refractivity (Wildman–Crippen MR) is 69.7 cm³/mol. The molecular weight excluding hydrogens is 198 g/mol. The van der Waals surface area contributed by atoms with Crippen LogP contribution in [-0.2, 0) is 17.4 Å². The molecule has 3 nitrogen and oxygen atoms in total. The van der Waals surface area contributed by atoms with E-state index < -0.39 is 0 Å². The van der Waals surface area contributed by atoms with Crippen molar-refractivity contribution in [3.8, 4) is 0 Å². The summed E-state index contributed by atoms with van der Waals surface area (Å²) in [6.45, 7) is 16.0. The predicted octanol–water partition coefficient (Wildman–Crippen LogP) is 3.08. The van der Waals surface area contributed by atoms with Gasteiger partial charge in [0, 0.05) is 17.4 Å². The van der Waals surface area contributed by atoms with Crippen LogP contribution in [0.15, 0.2) is 0 Å². The molecule has 2 N–H and O–H groups in total. The van der Waals surface area contributed by atoms with Crippen LogP contribution in [0.25, 0.3) is 0 Å². The highest BCUT2D eigenvalue weighted by Crippen LogP contribution is 2.32. The molecule has 0 spiro atoms. The van der Waals surface area contributed by atoms with Crippen LogP contribution in [0, 0.1) is 0 Å². The fourth-order valence-electron chi connectivity index (χ4n) is 1.91. The molecule has 0 amide bonds. The van der Waals surface area contributed by atoms with Gasteiger partial charge < -0.3 is 10.3 Å². The average Bonchev–Trinajstić information content (AvgIpc) is 2.40. The second-order valence-electron chi connectivity index (χ2n) is 6.41. The van der Waals surface area contributed by atoms with E-state index in [4.69, 9.17) is 10.7 Å². The summed E-state index contributed by atoms with van der Waals surface area (Å²) in [7, 11) is 0. The van der Waals surface area contributed by atoms with Gasteiger partial charge in [-0.05, 0) is 6.92 Å². The molecule has 16 heavy (non-hydrogen) atoms. The van der Waals surface area contributed by atoms with Crippen LogP contribution in [0.2, 0.25) is 0 Å². The smallest absolute Gasteiger partial charge is 0.127 e. The van der Waals surface area contributed by atoms with E-state index in [-0.39, 0.29) is 10.8 Å². The second-order valence-corrected chi connectivity index (χ2v) is 6.41. The Kier molecular flexibility index (Phi) is 3.10. The summed E-state index contributed by atoms with van der Waals surface area (Å²) < 4.78 is 2.13. The minimum Gasteiger partial charge on any atom is -0.384 e. The quantitative estimate of drug-likeness (QED) is 0.795. The molecule has 0 atom stereocenters. The third-order valence-electron chi connectivity index (χ3n) is 2.70. The molecule has 0 aliphatic heterocycles. The van der Waals surface area contributed by atoms with E-state index in [0.717, 1.165) is 23.9 Å². The summed E-state index contributed by atoms with van der Waals surface area (Å²) in [6, 6.07) is 0. The van der Waals surface area contributed by atoms with Crippen molar-refractivity contribution in [2.45, 2.75) is 65.8 Å².